The Bertz CT molecular complexity index is 618. The Labute approximate surface area is 153 Å². The summed E-state index contributed by atoms with van der Waals surface area (Å²) in [4.78, 5) is 24.6. The summed E-state index contributed by atoms with van der Waals surface area (Å²) in [6.45, 7) is 5.91. The van der Waals surface area contributed by atoms with Crippen molar-refractivity contribution < 1.29 is 9.59 Å². The Balaban J connectivity index is 1.89. The lowest BCUT2D eigenvalue weighted by molar-refractivity contribution is -0.129. The number of amides is 2. The van der Waals surface area contributed by atoms with E-state index in [-0.39, 0.29) is 29.2 Å². The van der Waals surface area contributed by atoms with Crippen LogP contribution in [-0.2, 0) is 9.59 Å². The van der Waals surface area contributed by atoms with Crippen LogP contribution < -0.4 is 10.6 Å². The van der Waals surface area contributed by atoms with Gasteiger partial charge in [-0.25, -0.2) is 0 Å². The molecule has 2 amide bonds. The van der Waals surface area contributed by atoms with E-state index >= 15 is 0 Å². The standard InChI is InChI=1S/C18H24Cl2N2O2/c1-18(2,3)22-17(24)12-9-7-11(8-10-12)16(23)21-14-6-4-5-13(19)15(14)20/h4-6,11-12H,7-10H2,1-3H3,(H,21,23)(H,22,24). The van der Waals surface area contributed by atoms with E-state index in [0.29, 0.717) is 28.6 Å². The van der Waals surface area contributed by atoms with Gasteiger partial charge in [0.25, 0.3) is 0 Å². The number of halogens is 2. The van der Waals surface area contributed by atoms with E-state index in [1.807, 2.05) is 20.8 Å². The van der Waals surface area contributed by atoms with Crippen LogP contribution in [0, 0.1) is 11.8 Å². The summed E-state index contributed by atoms with van der Waals surface area (Å²) in [6.07, 6.45) is 2.85. The molecule has 2 rings (SSSR count). The van der Waals surface area contributed by atoms with Crippen molar-refractivity contribution in [2.45, 2.75) is 52.0 Å². The SMILES string of the molecule is CC(C)(C)NC(=O)C1CCC(C(=O)Nc2cccc(Cl)c2Cl)CC1. The Morgan fingerprint density at radius 2 is 1.54 bits per heavy atom. The van der Waals surface area contributed by atoms with E-state index < -0.39 is 0 Å². The highest BCUT2D eigenvalue weighted by molar-refractivity contribution is 6.44. The van der Waals surface area contributed by atoms with E-state index in [1.54, 1.807) is 18.2 Å². The molecule has 132 valence electrons. The minimum absolute atomic E-state index is 0.0111. The molecule has 0 aliphatic heterocycles. The first-order valence-electron chi connectivity index (χ1n) is 8.24. The first-order chi connectivity index (χ1) is 11.2. The summed E-state index contributed by atoms with van der Waals surface area (Å²) in [6, 6.07) is 5.16. The molecule has 1 saturated carbocycles. The minimum atomic E-state index is -0.228. The molecule has 2 N–H and O–H groups in total. The normalized spacial score (nSPS) is 21.2. The van der Waals surface area contributed by atoms with Crippen molar-refractivity contribution in [2.75, 3.05) is 5.32 Å². The van der Waals surface area contributed by atoms with Gasteiger partial charge in [-0.3, -0.25) is 9.59 Å². The quantitative estimate of drug-likeness (QED) is 0.812. The molecule has 1 aromatic rings. The molecule has 1 aromatic carbocycles. The van der Waals surface area contributed by atoms with Gasteiger partial charge in [0, 0.05) is 17.4 Å². The van der Waals surface area contributed by atoms with Crippen molar-refractivity contribution in [3.05, 3.63) is 28.2 Å². The summed E-state index contributed by atoms with van der Waals surface area (Å²) in [5, 5.41) is 6.63. The van der Waals surface area contributed by atoms with E-state index in [0.717, 1.165) is 12.8 Å². The second kappa shape index (κ2) is 7.75. The average molecular weight is 371 g/mol. The summed E-state index contributed by atoms with van der Waals surface area (Å²) in [5.41, 5.74) is 0.302. The van der Waals surface area contributed by atoms with Crippen LogP contribution in [0.25, 0.3) is 0 Å². The predicted octanol–water partition coefficient (Wildman–Crippen LogP) is 4.65. The molecule has 4 nitrogen and oxygen atoms in total. The largest absolute Gasteiger partial charge is 0.351 e. The topological polar surface area (TPSA) is 58.2 Å². The van der Waals surface area contributed by atoms with Gasteiger partial charge in [0.05, 0.1) is 15.7 Å². The van der Waals surface area contributed by atoms with Gasteiger partial charge in [0.15, 0.2) is 0 Å². The maximum Gasteiger partial charge on any atom is 0.227 e. The molecule has 0 saturated heterocycles. The van der Waals surface area contributed by atoms with Gasteiger partial charge in [0.2, 0.25) is 11.8 Å². The summed E-state index contributed by atoms with van der Waals surface area (Å²) >= 11 is 12.1. The fourth-order valence-electron chi connectivity index (χ4n) is 2.92. The maximum atomic E-state index is 12.4. The van der Waals surface area contributed by atoms with Crippen molar-refractivity contribution >= 4 is 40.7 Å². The van der Waals surface area contributed by atoms with Gasteiger partial charge in [-0.15, -0.1) is 0 Å². The van der Waals surface area contributed by atoms with Gasteiger partial charge in [-0.2, -0.15) is 0 Å². The molecule has 0 aromatic heterocycles. The van der Waals surface area contributed by atoms with Gasteiger partial charge < -0.3 is 10.6 Å². The zero-order chi connectivity index (χ0) is 17.9. The molecular weight excluding hydrogens is 347 g/mol. The number of anilines is 1. The van der Waals surface area contributed by atoms with Crippen molar-refractivity contribution in [2.24, 2.45) is 11.8 Å². The fraction of sp³-hybridized carbons (Fsp3) is 0.556. The molecule has 0 bridgehead atoms. The van der Waals surface area contributed by atoms with E-state index in [9.17, 15) is 9.59 Å². The smallest absolute Gasteiger partial charge is 0.227 e. The van der Waals surface area contributed by atoms with E-state index in [2.05, 4.69) is 10.6 Å². The van der Waals surface area contributed by atoms with Crippen molar-refractivity contribution in [3.63, 3.8) is 0 Å². The highest BCUT2D eigenvalue weighted by Gasteiger charge is 2.31. The van der Waals surface area contributed by atoms with Gasteiger partial charge >= 0.3 is 0 Å². The molecule has 0 radical (unpaired) electrons. The third kappa shape index (κ3) is 5.12. The highest BCUT2D eigenvalue weighted by Crippen LogP contribution is 2.33. The first-order valence-corrected chi connectivity index (χ1v) is 9.00. The number of carbonyl (C=O) groups is 2. The molecule has 1 aliphatic rings. The van der Waals surface area contributed by atoms with Crippen LogP contribution in [-0.4, -0.2) is 17.4 Å². The highest BCUT2D eigenvalue weighted by atomic mass is 35.5. The molecule has 0 unspecified atom stereocenters. The predicted molar refractivity (Wildman–Crippen MR) is 98.4 cm³/mol. The van der Waals surface area contributed by atoms with Crippen LogP contribution in [0.3, 0.4) is 0 Å². The minimum Gasteiger partial charge on any atom is -0.351 e. The lowest BCUT2D eigenvalue weighted by atomic mass is 9.81. The number of nitrogens with one attached hydrogen (secondary N) is 2. The third-order valence-corrected chi connectivity index (χ3v) is 5.00. The molecule has 24 heavy (non-hydrogen) atoms. The number of rotatable bonds is 3. The number of hydrogen-bond donors (Lipinski definition) is 2. The number of hydrogen-bond acceptors (Lipinski definition) is 2. The third-order valence-electron chi connectivity index (χ3n) is 4.18. The molecule has 0 spiro atoms. The summed E-state index contributed by atoms with van der Waals surface area (Å²) in [7, 11) is 0. The van der Waals surface area contributed by atoms with E-state index in [4.69, 9.17) is 23.2 Å². The van der Waals surface area contributed by atoms with Gasteiger partial charge in [-0.1, -0.05) is 29.3 Å². The average Bonchev–Trinajstić information content (AvgIpc) is 2.50. The fourth-order valence-corrected chi connectivity index (χ4v) is 3.27. The Morgan fingerprint density at radius 1 is 1.00 bits per heavy atom. The van der Waals surface area contributed by atoms with Crippen LogP contribution in [0.1, 0.15) is 46.5 Å². The Morgan fingerprint density at radius 3 is 2.08 bits per heavy atom. The van der Waals surface area contributed by atoms with Crippen molar-refractivity contribution in [1.29, 1.82) is 0 Å². The van der Waals surface area contributed by atoms with Crippen LogP contribution in [0.4, 0.5) is 5.69 Å². The lowest BCUT2D eigenvalue weighted by Crippen LogP contribution is -2.45. The Kier molecular flexibility index (Phi) is 6.16. The zero-order valence-electron chi connectivity index (χ0n) is 14.3. The van der Waals surface area contributed by atoms with Crippen LogP contribution in [0.15, 0.2) is 18.2 Å². The molecule has 0 heterocycles. The van der Waals surface area contributed by atoms with Gasteiger partial charge in [0.1, 0.15) is 0 Å². The summed E-state index contributed by atoms with van der Waals surface area (Å²) in [5.74, 6) is -0.0881. The van der Waals surface area contributed by atoms with Crippen LogP contribution >= 0.6 is 23.2 Å². The second-order valence-electron chi connectivity index (χ2n) is 7.38. The number of benzene rings is 1. The zero-order valence-corrected chi connectivity index (χ0v) is 15.8. The molecule has 1 aliphatic carbocycles. The lowest BCUT2D eigenvalue weighted by Gasteiger charge is -2.30. The molecule has 0 atom stereocenters. The number of carbonyl (C=O) groups excluding carboxylic acids is 2. The second-order valence-corrected chi connectivity index (χ2v) is 8.16. The molecule has 6 heteroatoms. The van der Waals surface area contributed by atoms with Crippen molar-refractivity contribution in [1.82, 2.24) is 5.32 Å². The molecular formula is C18H24Cl2N2O2. The monoisotopic (exact) mass is 370 g/mol. The molecule has 1 fully saturated rings. The van der Waals surface area contributed by atoms with Crippen LogP contribution in [0.2, 0.25) is 10.0 Å². The Hall–Kier alpha value is -1.26. The van der Waals surface area contributed by atoms with E-state index in [1.165, 1.54) is 0 Å². The van der Waals surface area contributed by atoms with Crippen molar-refractivity contribution in [3.8, 4) is 0 Å². The van der Waals surface area contributed by atoms with Gasteiger partial charge in [-0.05, 0) is 58.6 Å². The maximum absolute atomic E-state index is 12.4. The van der Waals surface area contributed by atoms with Crippen LogP contribution in [0.5, 0.6) is 0 Å². The first kappa shape index (κ1) is 19.1. The summed E-state index contributed by atoms with van der Waals surface area (Å²) < 4.78 is 0.